The fourth-order valence-electron chi connectivity index (χ4n) is 4.98. The fraction of sp³-hybridized carbons (Fsp3) is 0.167. The third-order valence-corrected chi connectivity index (χ3v) is 7.25. The number of fused-ring (bicyclic) bond motifs is 3. The Balaban J connectivity index is 0.000000309. The molecule has 0 atom stereocenters. The second-order valence-electron chi connectivity index (χ2n) is 12.2. The summed E-state index contributed by atoms with van der Waals surface area (Å²) in [6.45, 7) is 1.35. The van der Waals surface area contributed by atoms with Gasteiger partial charge in [0.05, 0.1) is 13.7 Å². The van der Waals surface area contributed by atoms with E-state index in [0.29, 0.717) is 16.8 Å². The Kier molecular flexibility index (Phi) is 6.20. The Morgan fingerprint density at radius 3 is 2.46 bits per heavy atom. The van der Waals surface area contributed by atoms with E-state index in [9.17, 15) is 5.41 Å². The van der Waals surface area contributed by atoms with Crippen molar-refractivity contribution in [2.24, 2.45) is 5.41 Å². The average Bonchev–Trinajstić information content (AvgIpc) is 3.72. The van der Waals surface area contributed by atoms with Gasteiger partial charge < -0.3 is 14.8 Å². The number of allylic oxidation sites excluding steroid dienone is 4. The van der Waals surface area contributed by atoms with Crippen LogP contribution in [0.2, 0.25) is 0 Å². The minimum Gasteiger partial charge on any atom is -0.811 e. The number of furan rings is 1. The molecule has 4 heteroatoms. The Labute approximate surface area is 351 Å². The SMILES string of the molecule is [2H]C(=[N-])/C([2H])=C(\C([2H])=C(/C)c1[c-]c([2H])c([2H])c2c1oc1c([2H])c([2H])c([2H])c([2H])c12)c1c([2H])c([2H])c(C([2H])([2H])C(C)(C)C)c([2H])c1[2H].[2H]C([2H])([2H])c1ccc(-c2[c-]cc(C([2H])([2H])[2H])c(-c3ccccc3)c2)nc1.[Ir+3]. The molecule has 2 aromatic heterocycles. The standard InChI is InChI=1S/C29H27NO.C19H16N.Ir/c1-20(24-9-7-10-26-25-8-5-6-11-27(25)31-28(24)26)18-23(16-17-30)22-14-12-21(13-15-22)19-29(2,3)4;1-14-8-11-19(20-13-14)17-10-9-15(2)18(12-17)16-6-4-3-5-7-16;/h5-8,10-18H,19H2,1-4H3;3-9,11-13H,1-2H3;/q-2;-1;+3/b20-18+,23-16+;;/i5D,6D,7D,8D,10D,11D,12D,13D,14D,15D,16D,17D,18D,19D2;1D3,2D3;. The van der Waals surface area contributed by atoms with Crippen molar-refractivity contribution in [2.45, 2.75) is 47.8 Å². The second-order valence-corrected chi connectivity index (χ2v) is 12.2. The van der Waals surface area contributed by atoms with Crippen molar-refractivity contribution in [3.8, 4) is 22.4 Å². The van der Waals surface area contributed by atoms with Crippen LogP contribution in [-0.2, 0) is 26.5 Å². The zero-order valence-electron chi connectivity index (χ0n) is 49.4. The van der Waals surface area contributed by atoms with Crippen LogP contribution in [0.1, 0.15) is 84.3 Å². The van der Waals surface area contributed by atoms with Gasteiger partial charge in [0.15, 0.2) is 0 Å². The van der Waals surface area contributed by atoms with E-state index >= 15 is 0 Å². The first kappa shape index (κ1) is 19.1. The Bertz CT molecular complexity index is 3360. The zero-order chi connectivity index (χ0) is 54.1. The maximum atomic E-state index is 10.0. The molecule has 0 aliphatic rings. The van der Waals surface area contributed by atoms with Gasteiger partial charge in [0.1, 0.15) is 5.58 Å². The summed E-state index contributed by atoms with van der Waals surface area (Å²) in [6.07, 6.45) is -2.44. The summed E-state index contributed by atoms with van der Waals surface area (Å²) >= 11 is 0. The number of hydrogen-bond donors (Lipinski definition) is 0. The van der Waals surface area contributed by atoms with Crippen LogP contribution in [0.4, 0.5) is 0 Å². The van der Waals surface area contributed by atoms with E-state index in [1.165, 1.54) is 46.0 Å². The molecule has 0 spiro atoms. The molecule has 0 saturated heterocycles. The topological polar surface area (TPSA) is 48.3 Å². The number of nitrogens with zero attached hydrogens (tertiary/aromatic N) is 2. The fourth-order valence-corrected chi connectivity index (χ4v) is 4.98. The smallest absolute Gasteiger partial charge is 0.811 e. The average molecular weight is 877 g/mol. The summed E-state index contributed by atoms with van der Waals surface area (Å²) < 4.78 is 178. The first-order valence-corrected chi connectivity index (χ1v) is 15.6. The molecule has 2 heterocycles. The van der Waals surface area contributed by atoms with E-state index in [1.54, 1.807) is 12.1 Å². The minimum atomic E-state index is -2.37. The predicted octanol–water partition coefficient (Wildman–Crippen LogP) is 12.9. The number of rotatable bonds is 7. The van der Waals surface area contributed by atoms with Crippen LogP contribution in [0.3, 0.4) is 0 Å². The van der Waals surface area contributed by atoms with Crippen LogP contribution in [0, 0.1) is 31.3 Å². The maximum Gasteiger partial charge on any atom is 3.00 e. The summed E-state index contributed by atoms with van der Waals surface area (Å²) in [4.78, 5) is 4.21. The van der Waals surface area contributed by atoms with Gasteiger partial charge in [0, 0.05) is 30.9 Å². The van der Waals surface area contributed by atoms with Gasteiger partial charge in [-0.15, -0.1) is 58.6 Å². The molecular weight excluding hydrogens is 813 g/mol. The predicted molar refractivity (Wildman–Crippen MR) is 217 cm³/mol. The molecule has 0 unspecified atom stereocenters. The van der Waals surface area contributed by atoms with Crippen molar-refractivity contribution in [3.05, 3.63) is 179 Å². The van der Waals surface area contributed by atoms with E-state index in [4.69, 9.17) is 33.2 Å². The van der Waals surface area contributed by atoms with E-state index in [0.717, 1.165) is 5.56 Å². The van der Waals surface area contributed by atoms with E-state index in [-0.39, 0.29) is 64.3 Å². The minimum absolute atomic E-state index is 0. The van der Waals surface area contributed by atoms with E-state index < -0.39 is 121 Å². The van der Waals surface area contributed by atoms with Crippen molar-refractivity contribution < 1.29 is 53.3 Å². The van der Waals surface area contributed by atoms with E-state index in [1.807, 2.05) is 30.3 Å². The first-order valence-electron chi connectivity index (χ1n) is 26.1. The zero-order valence-corrected chi connectivity index (χ0v) is 30.8. The molecule has 0 saturated carbocycles. The van der Waals surface area contributed by atoms with Crippen molar-refractivity contribution in [3.63, 3.8) is 0 Å². The van der Waals surface area contributed by atoms with Crippen LogP contribution >= 0.6 is 0 Å². The van der Waals surface area contributed by atoms with Gasteiger partial charge >= 0.3 is 20.1 Å². The van der Waals surface area contributed by atoms with Crippen LogP contribution in [0.5, 0.6) is 0 Å². The molecular formula is C48H43IrN2O. The summed E-state index contributed by atoms with van der Waals surface area (Å²) in [7, 11) is 0. The van der Waals surface area contributed by atoms with Gasteiger partial charge in [-0.05, 0) is 59.6 Å². The molecule has 0 radical (unpaired) electrons. The summed E-state index contributed by atoms with van der Waals surface area (Å²) in [6, 6.07) is 12.7. The van der Waals surface area contributed by atoms with Gasteiger partial charge in [-0.1, -0.05) is 142 Å². The van der Waals surface area contributed by atoms with Crippen LogP contribution in [0.25, 0.3) is 60.9 Å². The molecule has 260 valence electrons. The van der Waals surface area contributed by atoms with Crippen LogP contribution in [-0.4, -0.2) is 11.2 Å². The van der Waals surface area contributed by atoms with E-state index in [2.05, 4.69) is 17.1 Å². The number of aryl methyl sites for hydroxylation is 2. The van der Waals surface area contributed by atoms with Crippen molar-refractivity contribution in [1.82, 2.24) is 4.98 Å². The van der Waals surface area contributed by atoms with Gasteiger partial charge in [-0.3, -0.25) is 0 Å². The quantitative estimate of drug-likeness (QED) is 0.0910. The number of hydrogen-bond acceptors (Lipinski definition) is 2. The van der Waals surface area contributed by atoms with Crippen LogP contribution in [0.15, 0.2) is 138 Å². The molecule has 0 bridgehead atoms. The van der Waals surface area contributed by atoms with Crippen molar-refractivity contribution >= 4 is 39.3 Å². The molecule has 0 aliphatic carbocycles. The molecule has 3 nitrogen and oxygen atoms in total. The summed E-state index contributed by atoms with van der Waals surface area (Å²) in [5.74, 6) is 0. The molecule has 52 heavy (non-hydrogen) atoms. The first-order chi connectivity index (χ1) is 33.2. The van der Waals surface area contributed by atoms with Crippen LogP contribution < -0.4 is 0 Å². The Morgan fingerprint density at radius 2 is 1.77 bits per heavy atom. The monoisotopic (exact) mass is 877 g/mol. The molecule has 7 aromatic rings. The Hall–Kier alpha value is -5.15. The number of pyridine rings is 1. The molecule has 5 aromatic carbocycles. The molecule has 0 aliphatic heterocycles. The number of para-hydroxylation sites is 1. The summed E-state index contributed by atoms with van der Waals surface area (Å²) in [5, 5.41) is 9.65. The molecule has 0 fully saturated rings. The van der Waals surface area contributed by atoms with Gasteiger partial charge in [0.25, 0.3) is 0 Å². The normalized spacial score (nSPS) is 18.8. The molecule has 0 N–H and O–H groups in total. The maximum absolute atomic E-state index is 10.0. The summed E-state index contributed by atoms with van der Waals surface area (Å²) in [5.41, 5.74) is -1.28. The van der Waals surface area contributed by atoms with Crippen molar-refractivity contribution in [1.29, 1.82) is 0 Å². The number of aromatic nitrogens is 1. The van der Waals surface area contributed by atoms with Gasteiger partial charge in [-0.2, -0.15) is 6.19 Å². The Morgan fingerprint density at radius 1 is 0.981 bits per heavy atom. The third kappa shape index (κ3) is 9.19. The van der Waals surface area contributed by atoms with Gasteiger partial charge in [-0.25, -0.2) is 0 Å². The number of benzene rings is 5. The molecule has 0 amide bonds. The van der Waals surface area contributed by atoms with Gasteiger partial charge in [0.2, 0.25) is 0 Å². The van der Waals surface area contributed by atoms with Crippen molar-refractivity contribution in [2.75, 3.05) is 0 Å². The molecule has 7 rings (SSSR count). The largest absolute Gasteiger partial charge is 3.00 e. The second kappa shape index (κ2) is 16.9. The third-order valence-electron chi connectivity index (χ3n) is 7.25.